The number of rotatable bonds is 3. The summed E-state index contributed by atoms with van der Waals surface area (Å²) in [5, 5.41) is 4.36. The molecular weight excluding hydrogens is 210 g/mol. The summed E-state index contributed by atoms with van der Waals surface area (Å²) in [5.74, 6) is 0.609. The lowest BCUT2D eigenvalue weighted by molar-refractivity contribution is 1.05. The minimum Gasteiger partial charge on any atom is -0.357 e. The Morgan fingerprint density at radius 1 is 1.40 bits per heavy atom. The molecule has 5 nitrogen and oxygen atoms in total. The molecule has 0 amide bonds. The lowest BCUT2D eigenvalue weighted by Crippen LogP contribution is -1.99. The van der Waals surface area contributed by atoms with Crippen LogP contribution in [0.25, 0.3) is 11.2 Å². The van der Waals surface area contributed by atoms with Gasteiger partial charge in [-0.05, 0) is 0 Å². The first-order valence-corrected chi connectivity index (χ1v) is 5.64. The van der Waals surface area contributed by atoms with Crippen LogP contribution in [0.15, 0.2) is 11.4 Å². The predicted molar refractivity (Wildman–Crippen MR) is 62.2 cm³/mol. The van der Waals surface area contributed by atoms with Crippen molar-refractivity contribution in [3.05, 3.63) is 6.33 Å². The monoisotopic (exact) mass is 223 g/mol. The number of hydrogen-bond donors (Lipinski definition) is 2. The van der Waals surface area contributed by atoms with Gasteiger partial charge in [-0.3, -0.25) is 0 Å². The fourth-order valence-electron chi connectivity index (χ4n) is 1.23. The molecule has 0 bridgehead atoms. The van der Waals surface area contributed by atoms with Gasteiger partial charge in [0.15, 0.2) is 5.65 Å². The quantitative estimate of drug-likeness (QED) is 0.614. The number of thioether (sulfide) groups is 1. The van der Waals surface area contributed by atoms with Gasteiger partial charge in [0.05, 0.1) is 6.33 Å². The fourth-order valence-corrected chi connectivity index (χ4v) is 2.08. The third-order valence-corrected chi connectivity index (χ3v) is 2.81. The van der Waals surface area contributed by atoms with Crippen molar-refractivity contribution in [3.8, 4) is 0 Å². The number of fused-ring (bicyclic) bond motifs is 1. The van der Waals surface area contributed by atoms with Crippen LogP contribution < -0.4 is 5.32 Å². The summed E-state index contributed by atoms with van der Waals surface area (Å²) < 4.78 is 0. The number of nitrogens with one attached hydrogen (secondary N) is 2. The Labute approximate surface area is 92.1 Å². The number of aromatic amines is 1. The van der Waals surface area contributed by atoms with Gasteiger partial charge in [-0.1, -0.05) is 13.8 Å². The summed E-state index contributed by atoms with van der Waals surface area (Å²) in [5.41, 5.74) is 1.62. The van der Waals surface area contributed by atoms with Gasteiger partial charge in [-0.25, -0.2) is 9.97 Å². The first kappa shape index (κ1) is 10.2. The molecule has 2 heterocycles. The Morgan fingerprint density at radius 2 is 2.20 bits per heavy atom. The highest BCUT2D eigenvalue weighted by molar-refractivity contribution is 8.00. The second-order valence-electron chi connectivity index (χ2n) is 3.37. The molecule has 2 N–H and O–H groups in total. The molecule has 0 aromatic carbocycles. The number of H-pyrrole nitrogens is 1. The van der Waals surface area contributed by atoms with Crippen LogP contribution in [0.4, 0.5) is 5.95 Å². The average molecular weight is 223 g/mol. The van der Waals surface area contributed by atoms with Crippen molar-refractivity contribution in [2.45, 2.75) is 24.1 Å². The van der Waals surface area contributed by atoms with E-state index in [1.165, 1.54) is 0 Å². The molecular formula is C9H13N5S. The summed E-state index contributed by atoms with van der Waals surface area (Å²) in [4.78, 5) is 15.8. The van der Waals surface area contributed by atoms with Crippen LogP contribution in [-0.4, -0.2) is 32.2 Å². The molecule has 0 atom stereocenters. The second kappa shape index (κ2) is 4.06. The van der Waals surface area contributed by atoms with Gasteiger partial charge in [0.25, 0.3) is 0 Å². The summed E-state index contributed by atoms with van der Waals surface area (Å²) >= 11 is 1.70. The van der Waals surface area contributed by atoms with Crippen molar-refractivity contribution >= 4 is 28.9 Å². The molecule has 0 fully saturated rings. The van der Waals surface area contributed by atoms with Gasteiger partial charge in [0.1, 0.15) is 10.5 Å². The van der Waals surface area contributed by atoms with Crippen LogP contribution in [0.5, 0.6) is 0 Å². The molecule has 80 valence electrons. The maximum atomic E-state index is 4.40. The van der Waals surface area contributed by atoms with Gasteiger partial charge in [0.2, 0.25) is 5.95 Å². The van der Waals surface area contributed by atoms with E-state index < -0.39 is 0 Å². The zero-order valence-corrected chi connectivity index (χ0v) is 9.72. The molecule has 0 spiro atoms. The Hall–Kier alpha value is -1.30. The van der Waals surface area contributed by atoms with E-state index in [1.54, 1.807) is 25.1 Å². The maximum absolute atomic E-state index is 4.40. The Bertz CT molecular complexity index is 464. The molecule has 0 saturated carbocycles. The van der Waals surface area contributed by atoms with Crippen molar-refractivity contribution < 1.29 is 0 Å². The van der Waals surface area contributed by atoms with Gasteiger partial charge in [0, 0.05) is 12.3 Å². The molecule has 2 aromatic heterocycles. The summed E-state index contributed by atoms with van der Waals surface area (Å²) in [6.45, 7) is 4.27. The van der Waals surface area contributed by atoms with Crippen LogP contribution in [0.1, 0.15) is 13.8 Å². The average Bonchev–Trinajstić information content (AvgIpc) is 2.64. The molecule has 15 heavy (non-hydrogen) atoms. The Morgan fingerprint density at radius 3 is 2.87 bits per heavy atom. The SMILES string of the molecule is CNc1nc(SC(C)C)c2[nH]cnc2n1. The molecule has 0 saturated heterocycles. The smallest absolute Gasteiger partial charge is 0.225 e. The van der Waals surface area contributed by atoms with Crippen molar-refractivity contribution in [1.29, 1.82) is 0 Å². The third-order valence-electron chi connectivity index (χ3n) is 1.82. The van der Waals surface area contributed by atoms with E-state index in [1.807, 2.05) is 0 Å². The molecule has 6 heteroatoms. The highest BCUT2D eigenvalue weighted by Gasteiger charge is 2.10. The molecule has 2 rings (SSSR count). The van der Waals surface area contributed by atoms with E-state index in [4.69, 9.17) is 0 Å². The largest absolute Gasteiger partial charge is 0.357 e. The van der Waals surface area contributed by atoms with Crippen LogP contribution >= 0.6 is 11.8 Å². The first-order chi connectivity index (χ1) is 7.20. The van der Waals surface area contributed by atoms with Crippen LogP contribution in [0.2, 0.25) is 0 Å². The van der Waals surface area contributed by atoms with Crippen molar-refractivity contribution in [1.82, 2.24) is 19.9 Å². The standard InChI is InChI=1S/C9H13N5S/c1-5(2)15-8-6-7(12-4-11-6)13-9(10-3)14-8/h4-5H,1-3H3,(H2,10,11,12,13,14). The maximum Gasteiger partial charge on any atom is 0.225 e. The van der Waals surface area contributed by atoms with E-state index >= 15 is 0 Å². The molecule has 0 aliphatic heterocycles. The normalized spacial score (nSPS) is 11.2. The van der Waals surface area contributed by atoms with Gasteiger partial charge >= 0.3 is 0 Å². The zero-order valence-electron chi connectivity index (χ0n) is 8.90. The zero-order chi connectivity index (χ0) is 10.8. The molecule has 0 aliphatic carbocycles. The van der Waals surface area contributed by atoms with E-state index in [2.05, 4.69) is 39.1 Å². The lowest BCUT2D eigenvalue weighted by atomic mass is 10.5. The van der Waals surface area contributed by atoms with Crippen LogP contribution in [0.3, 0.4) is 0 Å². The highest BCUT2D eigenvalue weighted by Crippen LogP contribution is 2.27. The minimum atomic E-state index is 0.483. The van der Waals surface area contributed by atoms with E-state index in [-0.39, 0.29) is 0 Å². The minimum absolute atomic E-state index is 0.483. The number of imidazole rings is 1. The van der Waals surface area contributed by atoms with E-state index in [0.29, 0.717) is 16.8 Å². The predicted octanol–water partition coefficient (Wildman–Crippen LogP) is 1.90. The first-order valence-electron chi connectivity index (χ1n) is 4.76. The van der Waals surface area contributed by atoms with Crippen molar-refractivity contribution in [2.75, 3.05) is 12.4 Å². The Balaban J connectivity index is 2.53. The van der Waals surface area contributed by atoms with Crippen molar-refractivity contribution in [3.63, 3.8) is 0 Å². The molecule has 0 aliphatic rings. The second-order valence-corrected chi connectivity index (χ2v) is 4.94. The molecule has 2 aromatic rings. The summed E-state index contributed by atoms with van der Waals surface area (Å²) in [6.07, 6.45) is 1.64. The topological polar surface area (TPSA) is 66.5 Å². The molecule has 0 radical (unpaired) electrons. The van der Waals surface area contributed by atoms with Gasteiger partial charge in [-0.2, -0.15) is 4.98 Å². The van der Waals surface area contributed by atoms with Crippen LogP contribution in [0, 0.1) is 0 Å². The van der Waals surface area contributed by atoms with E-state index in [0.717, 1.165) is 10.5 Å². The van der Waals surface area contributed by atoms with Gasteiger partial charge in [-0.15, -0.1) is 11.8 Å². The lowest BCUT2D eigenvalue weighted by Gasteiger charge is -2.06. The Kier molecular flexibility index (Phi) is 2.77. The number of nitrogens with zero attached hydrogens (tertiary/aromatic N) is 3. The number of anilines is 1. The summed E-state index contributed by atoms with van der Waals surface area (Å²) in [7, 11) is 1.80. The van der Waals surface area contributed by atoms with Crippen molar-refractivity contribution in [2.24, 2.45) is 0 Å². The highest BCUT2D eigenvalue weighted by atomic mass is 32.2. The van der Waals surface area contributed by atoms with E-state index in [9.17, 15) is 0 Å². The number of hydrogen-bond acceptors (Lipinski definition) is 5. The fraction of sp³-hybridized carbons (Fsp3) is 0.444. The summed E-state index contributed by atoms with van der Waals surface area (Å²) in [6, 6.07) is 0. The number of aromatic nitrogens is 4. The van der Waals surface area contributed by atoms with Crippen LogP contribution in [-0.2, 0) is 0 Å². The third kappa shape index (κ3) is 2.04. The van der Waals surface area contributed by atoms with Gasteiger partial charge < -0.3 is 10.3 Å². The molecule has 0 unspecified atom stereocenters.